The lowest BCUT2D eigenvalue weighted by molar-refractivity contribution is 0.0453. The van der Waals surface area contributed by atoms with E-state index in [4.69, 9.17) is 14.2 Å². The van der Waals surface area contributed by atoms with E-state index in [1.54, 1.807) is 19.9 Å². The fourth-order valence-electron chi connectivity index (χ4n) is 3.65. The number of cyclic esters (lactones) is 1. The summed E-state index contributed by atoms with van der Waals surface area (Å²) in [6.07, 6.45) is -0.349. The number of esters is 1. The summed E-state index contributed by atoms with van der Waals surface area (Å²) < 4.78 is 16.9. The molecule has 0 saturated heterocycles. The largest absolute Gasteiger partial charge is 0.504 e. The third-order valence-electron chi connectivity index (χ3n) is 5.37. The standard InChI is InChI=1S/C23H25NO6/c1-11(2)8-17(25)14-6-7-18-19(21(14)28-5)23(27)29-10-16-15(9-24)12(3)13(4)20(26)22(16)30-18/h6-7,11,17,25-26H,8,10H2,1-5H3/t17-/m0/s1. The lowest BCUT2D eigenvalue weighted by atomic mass is 9.95. The van der Waals surface area contributed by atoms with Crippen molar-refractivity contribution in [3.05, 3.63) is 45.5 Å². The van der Waals surface area contributed by atoms with Crippen LogP contribution in [0.2, 0.25) is 0 Å². The molecule has 1 heterocycles. The molecule has 0 amide bonds. The summed E-state index contributed by atoms with van der Waals surface area (Å²) in [6.45, 7) is 7.13. The van der Waals surface area contributed by atoms with Gasteiger partial charge < -0.3 is 24.4 Å². The van der Waals surface area contributed by atoms with Crippen molar-refractivity contribution >= 4 is 5.97 Å². The Morgan fingerprint density at radius 2 is 1.97 bits per heavy atom. The molecule has 158 valence electrons. The SMILES string of the molecule is COc1c([C@@H](O)CC(C)C)ccc2c1C(=O)OCc1c(C#N)c(C)c(C)c(O)c1O2. The number of aromatic hydroxyl groups is 1. The lowest BCUT2D eigenvalue weighted by Crippen LogP contribution is -2.16. The van der Waals surface area contributed by atoms with Crippen LogP contribution in [0.4, 0.5) is 0 Å². The van der Waals surface area contributed by atoms with Crippen LogP contribution in [0.3, 0.4) is 0 Å². The predicted octanol–water partition coefficient (Wildman–Crippen LogP) is 4.43. The zero-order chi connectivity index (χ0) is 22.2. The molecule has 0 spiro atoms. The Morgan fingerprint density at radius 1 is 1.27 bits per heavy atom. The third-order valence-corrected chi connectivity index (χ3v) is 5.37. The number of methoxy groups -OCH3 is 1. The minimum atomic E-state index is -0.834. The van der Waals surface area contributed by atoms with E-state index in [9.17, 15) is 20.3 Å². The number of carbonyl (C=O) groups excluding carboxylic acids is 1. The Morgan fingerprint density at radius 3 is 2.57 bits per heavy atom. The first-order chi connectivity index (χ1) is 14.2. The fraction of sp³-hybridized carbons (Fsp3) is 0.391. The summed E-state index contributed by atoms with van der Waals surface area (Å²) in [5, 5.41) is 30.9. The van der Waals surface area contributed by atoms with E-state index in [-0.39, 0.29) is 41.1 Å². The molecule has 0 saturated carbocycles. The molecule has 2 aromatic rings. The molecule has 7 nitrogen and oxygen atoms in total. The molecule has 1 aliphatic heterocycles. The molecule has 2 N–H and O–H groups in total. The zero-order valence-electron chi connectivity index (χ0n) is 17.7. The lowest BCUT2D eigenvalue weighted by Gasteiger charge is -2.25. The van der Waals surface area contributed by atoms with Gasteiger partial charge in [-0.3, -0.25) is 0 Å². The van der Waals surface area contributed by atoms with Gasteiger partial charge in [0.1, 0.15) is 23.7 Å². The number of hydrogen-bond acceptors (Lipinski definition) is 7. The summed E-state index contributed by atoms with van der Waals surface area (Å²) in [7, 11) is 1.40. The van der Waals surface area contributed by atoms with Crippen LogP contribution in [-0.2, 0) is 11.3 Å². The van der Waals surface area contributed by atoms with Crippen molar-refractivity contribution in [3.63, 3.8) is 0 Å². The second kappa shape index (κ2) is 8.25. The smallest absolute Gasteiger partial charge is 0.346 e. The Hall–Kier alpha value is -3.24. The number of aliphatic hydroxyl groups excluding tert-OH is 1. The third kappa shape index (κ3) is 3.55. The Balaban J connectivity index is 2.22. The van der Waals surface area contributed by atoms with Crippen molar-refractivity contribution in [2.24, 2.45) is 5.92 Å². The average molecular weight is 411 g/mol. The number of nitriles is 1. The number of benzene rings is 2. The van der Waals surface area contributed by atoms with Gasteiger partial charge in [-0.25, -0.2) is 4.79 Å². The summed E-state index contributed by atoms with van der Waals surface area (Å²) in [5.74, 6) is -0.241. The Bertz CT molecular complexity index is 1050. The van der Waals surface area contributed by atoms with Crippen molar-refractivity contribution in [3.8, 4) is 29.1 Å². The highest BCUT2D eigenvalue weighted by molar-refractivity contribution is 5.97. The molecule has 1 atom stereocenters. The molecule has 0 fully saturated rings. The van der Waals surface area contributed by atoms with Gasteiger partial charge in [0.05, 0.1) is 30.4 Å². The minimum Gasteiger partial charge on any atom is -0.504 e. The van der Waals surface area contributed by atoms with Crippen LogP contribution < -0.4 is 9.47 Å². The molecule has 3 rings (SSSR count). The Kier molecular flexibility index (Phi) is 5.90. The fourth-order valence-corrected chi connectivity index (χ4v) is 3.65. The van der Waals surface area contributed by atoms with E-state index < -0.39 is 12.1 Å². The Labute approximate surface area is 175 Å². The van der Waals surface area contributed by atoms with Crippen LogP contribution in [0.1, 0.15) is 64.5 Å². The molecule has 0 aliphatic carbocycles. The van der Waals surface area contributed by atoms with Crippen LogP contribution in [0, 0.1) is 31.1 Å². The van der Waals surface area contributed by atoms with Crippen molar-refractivity contribution in [1.82, 2.24) is 0 Å². The topological polar surface area (TPSA) is 109 Å². The first-order valence-corrected chi connectivity index (χ1v) is 9.70. The molecule has 30 heavy (non-hydrogen) atoms. The van der Waals surface area contributed by atoms with Crippen molar-refractivity contribution in [1.29, 1.82) is 5.26 Å². The van der Waals surface area contributed by atoms with Crippen LogP contribution in [0.25, 0.3) is 0 Å². The number of ether oxygens (including phenoxy) is 3. The maximum absolute atomic E-state index is 12.9. The van der Waals surface area contributed by atoms with Crippen molar-refractivity contribution in [2.75, 3.05) is 7.11 Å². The van der Waals surface area contributed by atoms with Crippen LogP contribution in [0.15, 0.2) is 12.1 Å². The quantitative estimate of drug-likeness (QED) is 0.716. The van der Waals surface area contributed by atoms with Gasteiger partial charge in [-0.15, -0.1) is 0 Å². The monoisotopic (exact) mass is 411 g/mol. The van der Waals surface area contributed by atoms with Crippen LogP contribution in [-0.4, -0.2) is 23.3 Å². The van der Waals surface area contributed by atoms with Gasteiger partial charge in [0, 0.05) is 5.56 Å². The molecule has 7 heteroatoms. The molecular formula is C23H25NO6. The summed E-state index contributed by atoms with van der Waals surface area (Å²) in [4.78, 5) is 12.9. The second-order valence-corrected chi connectivity index (χ2v) is 7.78. The van der Waals surface area contributed by atoms with Crippen molar-refractivity contribution in [2.45, 2.75) is 46.8 Å². The molecule has 1 aliphatic rings. The summed E-state index contributed by atoms with van der Waals surface area (Å²) in [6, 6.07) is 5.27. The number of hydrogen-bond donors (Lipinski definition) is 2. The van der Waals surface area contributed by atoms with Gasteiger partial charge in [-0.2, -0.15) is 5.26 Å². The van der Waals surface area contributed by atoms with Gasteiger partial charge >= 0.3 is 5.97 Å². The van der Waals surface area contributed by atoms with Crippen LogP contribution in [0.5, 0.6) is 23.0 Å². The van der Waals surface area contributed by atoms with E-state index in [1.807, 2.05) is 13.8 Å². The van der Waals surface area contributed by atoms with E-state index in [1.165, 1.54) is 13.2 Å². The van der Waals surface area contributed by atoms with E-state index in [2.05, 4.69) is 6.07 Å². The summed E-state index contributed by atoms with van der Waals surface area (Å²) >= 11 is 0. The number of carbonyl (C=O) groups is 1. The second-order valence-electron chi connectivity index (χ2n) is 7.78. The van der Waals surface area contributed by atoms with Crippen LogP contribution >= 0.6 is 0 Å². The van der Waals surface area contributed by atoms with E-state index in [0.29, 0.717) is 34.2 Å². The highest BCUT2D eigenvalue weighted by Crippen LogP contribution is 2.46. The predicted molar refractivity (Wildman–Crippen MR) is 109 cm³/mol. The van der Waals surface area contributed by atoms with Gasteiger partial charge in [0.25, 0.3) is 0 Å². The molecular weight excluding hydrogens is 386 g/mol. The minimum absolute atomic E-state index is 0.0274. The summed E-state index contributed by atoms with van der Waals surface area (Å²) in [5.41, 5.74) is 2.19. The number of fused-ring (bicyclic) bond motifs is 2. The van der Waals surface area contributed by atoms with Gasteiger partial charge in [0.2, 0.25) is 0 Å². The normalized spacial score (nSPS) is 13.9. The average Bonchev–Trinajstić information content (AvgIpc) is 2.70. The number of phenols is 1. The number of aliphatic hydroxyl groups is 1. The van der Waals surface area contributed by atoms with Gasteiger partial charge in [0.15, 0.2) is 11.5 Å². The van der Waals surface area contributed by atoms with Gasteiger partial charge in [-0.1, -0.05) is 13.8 Å². The van der Waals surface area contributed by atoms with Crippen molar-refractivity contribution < 1.29 is 29.2 Å². The first-order valence-electron chi connectivity index (χ1n) is 9.70. The molecule has 0 unspecified atom stereocenters. The molecule has 0 bridgehead atoms. The first kappa shape index (κ1) is 21.5. The van der Waals surface area contributed by atoms with Gasteiger partial charge in [-0.05, 0) is 49.4 Å². The highest BCUT2D eigenvalue weighted by atomic mass is 16.5. The van der Waals surface area contributed by atoms with E-state index in [0.717, 1.165) is 0 Å². The number of phenolic OH excluding ortho intramolecular Hbond substituents is 1. The molecule has 2 aromatic carbocycles. The number of nitrogens with zero attached hydrogens (tertiary/aromatic N) is 1. The maximum Gasteiger partial charge on any atom is 0.346 e. The number of rotatable bonds is 4. The molecule has 0 radical (unpaired) electrons. The maximum atomic E-state index is 12.9. The highest BCUT2D eigenvalue weighted by Gasteiger charge is 2.31. The zero-order valence-corrected chi connectivity index (χ0v) is 17.7. The van der Waals surface area contributed by atoms with E-state index >= 15 is 0 Å². The molecule has 0 aromatic heterocycles.